The van der Waals surface area contributed by atoms with Crippen LogP contribution < -0.4 is 14.2 Å². The van der Waals surface area contributed by atoms with Crippen molar-refractivity contribution < 1.29 is 46.5 Å². The normalized spacial score (nSPS) is 27.7. The number of carbonyl (C=O) groups excluding carboxylic acids is 3. The first-order valence-corrected chi connectivity index (χ1v) is 15.2. The second-order valence-corrected chi connectivity index (χ2v) is 12.3. The SMILES string of the molecule is C=CCN1CC[C@]23c4c5ccc(OC(C)=O)c4O[C@H]2[C@H](N(C)C(=O)C=Cc2cccc(OC(F)(F)F)c2)CC[C@@]3(OC(C)=O)[C@H]1C5. The molecular formula is C34H35F3N2O7. The van der Waals surface area contributed by atoms with E-state index in [1.54, 1.807) is 24.1 Å². The molecule has 2 aromatic rings. The van der Waals surface area contributed by atoms with E-state index in [1.165, 1.54) is 44.2 Å². The van der Waals surface area contributed by atoms with Gasteiger partial charge >= 0.3 is 18.3 Å². The minimum absolute atomic E-state index is 0.180. The molecule has 1 spiro atoms. The van der Waals surface area contributed by atoms with Gasteiger partial charge in [0.05, 0.1) is 17.5 Å². The van der Waals surface area contributed by atoms with E-state index in [0.29, 0.717) is 50.1 Å². The minimum atomic E-state index is -4.84. The standard InChI is InChI=1S/C34H35F3N2O7/c1-5-16-39-17-15-32-29-23-10-11-26(43-20(2)40)30(29)44-31(32)25(13-14-33(32,27(39)19-23)45-21(3)41)38(4)28(42)12-9-22-7-6-8-24(18-22)46-34(35,36)37/h5-12,18,25,27,31H,1,13-17,19H2,2-4H3/t25-,27-,31+,32+,33-/m1/s1. The van der Waals surface area contributed by atoms with E-state index >= 15 is 0 Å². The fourth-order valence-electron chi connectivity index (χ4n) is 8.31. The predicted octanol–water partition coefficient (Wildman–Crippen LogP) is 4.96. The van der Waals surface area contributed by atoms with Crippen molar-refractivity contribution in [3.05, 3.63) is 71.8 Å². The molecule has 2 fully saturated rings. The summed E-state index contributed by atoms with van der Waals surface area (Å²) in [5.74, 6) is -1.01. The Bertz CT molecular complexity index is 1620. The first-order valence-electron chi connectivity index (χ1n) is 15.2. The van der Waals surface area contributed by atoms with E-state index in [9.17, 15) is 27.6 Å². The lowest BCUT2D eigenvalue weighted by atomic mass is 9.48. The van der Waals surface area contributed by atoms with Crippen LogP contribution in [0.1, 0.15) is 49.8 Å². The highest BCUT2D eigenvalue weighted by Crippen LogP contribution is 2.67. The van der Waals surface area contributed by atoms with E-state index in [1.807, 2.05) is 12.1 Å². The van der Waals surface area contributed by atoms with Crippen molar-refractivity contribution in [2.45, 2.75) is 75.1 Å². The van der Waals surface area contributed by atoms with Crippen LogP contribution in [0.25, 0.3) is 6.08 Å². The van der Waals surface area contributed by atoms with Gasteiger partial charge in [-0.3, -0.25) is 19.3 Å². The molecule has 2 aliphatic heterocycles. The number of amides is 1. The summed E-state index contributed by atoms with van der Waals surface area (Å²) < 4.78 is 61.0. The number of hydrogen-bond donors (Lipinski definition) is 0. The quantitative estimate of drug-likeness (QED) is 0.173. The highest BCUT2D eigenvalue weighted by Gasteiger charge is 2.75. The van der Waals surface area contributed by atoms with Crippen molar-refractivity contribution in [3.63, 3.8) is 0 Å². The fourth-order valence-corrected chi connectivity index (χ4v) is 8.31. The number of ether oxygens (including phenoxy) is 4. The zero-order valence-corrected chi connectivity index (χ0v) is 25.8. The lowest BCUT2D eigenvalue weighted by molar-refractivity contribution is -0.274. The molecule has 0 aromatic heterocycles. The Morgan fingerprint density at radius 3 is 2.63 bits per heavy atom. The molecule has 1 saturated carbocycles. The number of halogens is 3. The van der Waals surface area contributed by atoms with Gasteiger partial charge in [0.2, 0.25) is 5.91 Å². The Balaban J connectivity index is 1.39. The van der Waals surface area contributed by atoms with Gasteiger partial charge in [-0.05, 0) is 61.1 Å². The third-order valence-electron chi connectivity index (χ3n) is 9.78. The summed E-state index contributed by atoms with van der Waals surface area (Å²) in [7, 11) is 1.66. The number of esters is 2. The lowest BCUT2D eigenvalue weighted by Crippen LogP contribution is -2.79. The van der Waals surface area contributed by atoms with Crippen LogP contribution in [0, 0.1) is 0 Å². The molecule has 9 nitrogen and oxygen atoms in total. The summed E-state index contributed by atoms with van der Waals surface area (Å²) in [6.07, 6.45) is 1.10. The van der Waals surface area contributed by atoms with Crippen LogP contribution in [0.4, 0.5) is 13.2 Å². The van der Waals surface area contributed by atoms with Crippen molar-refractivity contribution in [3.8, 4) is 17.2 Å². The molecule has 2 aromatic carbocycles. The summed E-state index contributed by atoms with van der Waals surface area (Å²) in [5.41, 5.74) is 0.391. The average Bonchev–Trinajstić information content (AvgIpc) is 3.32. The highest BCUT2D eigenvalue weighted by molar-refractivity contribution is 5.92. The molecule has 1 amide bonds. The second kappa shape index (κ2) is 11.5. The first-order chi connectivity index (χ1) is 21.8. The van der Waals surface area contributed by atoms with Gasteiger partial charge in [0.25, 0.3) is 0 Å². The average molecular weight is 641 g/mol. The summed E-state index contributed by atoms with van der Waals surface area (Å²) in [5, 5.41) is 0. The molecule has 2 aliphatic carbocycles. The number of likely N-dealkylation sites (tertiary alicyclic amines) is 1. The number of benzene rings is 2. The Labute approximate surface area is 264 Å². The van der Waals surface area contributed by atoms with Crippen LogP contribution in [0.2, 0.25) is 0 Å². The van der Waals surface area contributed by atoms with Crippen LogP contribution >= 0.6 is 0 Å². The monoisotopic (exact) mass is 640 g/mol. The van der Waals surface area contributed by atoms with Crippen molar-refractivity contribution in [1.82, 2.24) is 9.80 Å². The maximum atomic E-state index is 13.6. The zero-order valence-electron chi connectivity index (χ0n) is 25.8. The number of rotatable bonds is 8. The summed E-state index contributed by atoms with van der Waals surface area (Å²) in [6.45, 7) is 7.92. The van der Waals surface area contributed by atoms with Crippen LogP contribution in [-0.4, -0.2) is 77.9 Å². The molecule has 244 valence electrons. The molecule has 2 bridgehead atoms. The van der Waals surface area contributed by atoms with Gasteiger partial charge in [-0.15, -0.1) is 19.8 Å². The van der Waals surface area contributed by atoms with Gasteiger partial charge in [-0.25, -0.2) is 0 Å². The summed E-state index contributed by atoms with van der Waals surface area (Å²) in [6, 6.07) is 8.34. The molecule has 0 N–H and O–H groups in total. The van der Waals surface area contributed by atoms with Gasteiger partial charge in [-0.2, -0.15) is 0 Å². The number of hydrogen-bond acceptors (Lipinski definition) is 8. The van der Waals surface area contributed by atoms with Crippen LogP contribution in [0.15, 0.2) is 55.1 Å². The third kappa shape index (κ3) is 5.12. The van der Waals surface area contributed by atoms with E-state index in [4.69, 9.17) is 14.2 Å². The van der Waals surface area contributed by atoms with Crippen LogP contribution in [-0.2, 0) is 31.0 Å². The Hall–Kier alpha value is -4.32. The molecule has 12 heteroatoms. The van der Waals surface area contributed by atoms with Crippen LogP contribution in [0.3, 0.4) is 0 Å². The lowest BCUT2D eigenvalue weighted by Gasteiger charge is -2.65. The Morgan fingerprint density at radius 2 is 1.93 bits per heavy atom. The van der Waals surface area contributed by atoms with Crippen molar-refractivity contribution >= 4 is 23.9 Å². The second-order valence-electron chi connectivity index (χ2n) is 12.3. The zero-order chi connectivity index (χ0) is 33.0. The number of carbonyl (C=O) groups is 3. The van der Waals surface area contributed by atoms with Gasteiger partial charge in [-0.1, -0.05) is 24.3 Å². The highest BCUT2D eigenvalue weighted by atomic mass is 19.4. The summed E-state index contributed by atoms with van der Waals surface area (Å²) in [4.78, 5) is 42.4. The molecule has 0 radical (unpaired) electrons. The number of likely N-dealkylation sites (N-methyl/N-ethyl adjacent to an activating group) is 1. The smallest absolute Gasteiger partial charge is 0.483 e. The van der Waals surface area contributed by atoms with Crippen molar-refractivity contribution in [2.24, 2.45) is 0 Å². The number of piperidine rings is 1. The molecule has 0 unspecified atom stereocenters. The van der Waals surface area contributed by atoms with Gasteiger partial charge in [0.15, 0.2) is 11.5 Å². The van der Waals surface area contributed by atoms with Gasteiger partial charge in [0, 0.05) is 45.6 Å². The Morgan fingerprint density at radius 1 is 1.15 bits per heavy atom. The van der Waals surface area contributed by atoms with Crippen molar-refractivity contribution in [1.29, 1.82) is 0 Å². The van der Waals surface area contributed by atoms with E-state index in [2.05, 4.69) is 16.2 Å². The number of alkyl halides is 3. The third-order valence-corrected chi connectivity index (χ3v) is 9.78. The molecule has 1 saturated heterocycles. The summed E-state index contributed by atoms with van der Waals surface area (Å²) >= 11 is 0. The maximum absolute atomic E-state index is 13.6. The molecule has 6 rings (SSSR count). The predicted molar refractivity (Wildman–Crippen MR) is 160 cm³/mol. The Kier molecular flexibility index (Phi) is 7.90. The van der Waals surface area contributed by atoms with E-state index in [-0.39, 0.29) is 17.7 Å². The minimum Gasteiger partial charge on any atom is -0.483 e. The van der Waals surface area contributed by atoms with Crippen LogP contribution in [0.5, 0.6) is 17.2 Å². The fraction of sp³-hybridized carbons (Fsp3) is 0.441. The molecule has 5 atom stereocenters. The largest absolute Gasteiger partial charge is 0.573 e. The van der Waals surface area contributed by atoms with E-state index in [0.717, 1.165) is 11.1 Å². The molecule has 4 aliphatic rings. The molecular weight excluding hydrogens is 605 g/mol. The number of nitrogens with zero attached hydrogens (tertiary/aromatic N) is 2. The maximum Gasteiger partial charge on any atom is 0.573 e. The molecule has 46 heavy (non-hydrogen) atoms. The van der Waals surface area contributed by atoms with Crippen molar-refractivity contribution in [2.75, 3.05) is 20.1 Å². The van der Waals surface area contributed by atoms with Gasteiger partial charge in [0.1, 0.15) is 17.5 Å². The van der Waals surface area contributed by atoms with E-state index < -0.39 is 47.2 Å². The van der Waals surface area contributed by atoms with Gasteiger partial charge < -0.3 is 23.8 Å². The topological polar surface area (TPSA) is 94.6 Å². The first kappa shape index (κ1) is 31.7. The molecule has 2 heterocycles.